The van der Waals surface area contributed by atoms with Crippen molar-refractivity contribution >= 4 is 33.2 Å². The average Bonchev–Trinajstić information content (AvgIpc) is 2.79. The van der Waals surface area contributed by atoms with Gasteiger partial charge in [-0.25, -0.2) is 0 Å². The highest BCUT2D eigenvalue weighted by molar-refractivity contribution is 9.10. The van der Waals surface area contributed by atoms with Gasteiger partial charge in [-0.1, -0.05) is 40.0 Å². The zero-order chi connectivity index (χ0) is 21.8. The number of nitrogens with zero attached hydrogens (tertiary/aromatic N) is 1. The molecule has 1 atom stereocenters. The number of terminal acetylenes is 1. The molecule has 6 heteroatoms. The predicted molar refractivity (Wildman–Crippen MR) is 126 cm³/mol. The Morgan fingerprint density at radius 2 is 1.87 bits per heavy atom. The lowest BCUT2D eigenvalue weighted by Crippen LogP contribution is -2.43. The summed E-state index contributed by atoms with van der Waals surface area (Å²) in [5.74, 6) is 3.71. The highest BCUT2D eigenvalue weighted by Gasteiger charge is 2.35. The van der Waals surface area contributed by atoms with Crippen LogP contribution in [0.5, 0.6) is 11.5 Å². The Morgan fingerprint density at radius 1 is 1.06 bits per heavy atom. The molecule has 0 saturated carbocycles. The molecule has 1 heterocycles. The summed E-state index contributed by atoms with van der Waals surface area (Å²) in [6, 6.07) is 20.6. The first-order valence-corrected chi connectivity index (χ1v) is 10.7. The second kappa shape index (κ2) is 9.15. The van der Waals surface area contributed by atoms with Gasteiger partial charge in [-0.3, -0.25) is 9.69 Å². The summed E-state index contributed by atoms with van der Waals surface area (Å²) in [5, 5.41) is 3.51. The van der Waals surface area contributed by atoms with E-state index in [4.69, 9.17) is 15.9 Å². The number of hydrogen-bond acceptors (Lipinski definition) is 4. The number of amides is 1. The summed E-state index contributed by atoms with van der Waals surface area (Å²) >= 11 is 3.63. The third kappa shape index (κ3) is 4.23. The fourth-order valence-electron chi connectivity index (χ4n) is 3.57. The third-order valence-electron chi connectivity index (χ3n) is 4.92. The largest absolute Gasteiger partial charge is 0.494 e. The quantitative estimate of drug-likeness (QED) is 0.468. The van der Waals surface area contributed by atoms with E-state index in [1.807, 2.05) is 73.7 Å². The maximum absolute atomic E-state index is 13.6. The first kappa shape index (κ1) is 20.8. The predicted octanol–water partition coefficient (Wildman–Crippen LogP) is 5.63. The van der Waals surface area contributed by atoms with Crippen molar-refractivity contribution in [2.24, 2.45) is 0 Å². The molecular weight excluding hydrogens is 456 g/mol. The van der Waals surface area contributed by atoms with Gasteiger partial charge in [0, 0.05) is 21.8 Å². The van der Waals surface area contributed by atoms with E-state index in [1.54, 1.807) is 4.90 Å². The monoisotopic (exact) mass is 476 g/mol. The molecule has 0 aliphatic carbocycles. The summed E-state index contributed by atoms with van der Waals surface area (Å²) in [4.78, 5) is 15.3. The molecule has 156 valence electrons. The van der Waals surface area contributed by atoms with E-state index < -0.39 is 6.17 Å². The molecule has 0 spiro atoms. The van der Waals surface area contributed by atoms with Crippen molar-refractivity contribution in [1.82, 2.24) is 0 Å². The van der Waals surface area contributed by atoms with Crippen LogP contribution in [0.4, 0.5) is 11.4 Å². The highest BCUT2D eigenvalue weighted by Crippen LogP contribution is 2.40. The summed E-state index contributed by atoms with van der Waals surface area (Å²) in [6.45, 7) is 2.64. The Hall–Kier alpha value is -3.43. The van der Waals surface area contributed by atoms with Crippen LogP contribution >= 0.6 is 15.9 Å². The average molecular weight is 477 g/mol. The van der Waals surface area contributed by atoms with Crippen molar-refractivity contribution in [2.75, 3.05) is 23.4 Å². The number of nitrogens with one attached hydrogen (secondary N) is 1. The number of halogens is 1. The van der Waals surface area contributed by atoms with Gasteiger partial charge in [0.15, 0.2) is 0 Å². The van der Waals surface area contributed by atoms with Crippen molar-refractivity contribution in [3.8, 4) is 23.8 Å². The number of hydrogen-bond donors (Lipinski definition) is 1. The van der Waals surface area contributed by atoms with Crippen molar-refractivity contribution in [2.45, 2.75) is 13.1 Å². The fraction of sp³-hybridized carbons (Fsp3) is 0.160. The van der Waals surface area contributed by atoms with Gasteiger partial charge in [0.1, 0.15) is 24.3 Å². The third-order valence-corrected chi connectivity index (χ3v) is 5.64. The van der Waals surface area contributed by atoms with E-state index in [9.17, 15) is 4.79 Å². The number of rotatable bonds is 6. The molecule has 0 unspecified atom stereocenters. The summed E-state index contributed by atoms with van der Waals surface area (Å²) in [7, 11) is 0. The van der Waals surface area contributed by atoms with E-state index in [0.717, 1.165) is 21.4 Å². The Labute approximate surface area is 190 Å². The molecule has 0 aromatic heterocycles. The number of fused-ring (bicyclic) bond motifs is 1. The molecule has 0 fully saturated rings. The van der Waals surface area contributed by atoms with Crippen molar-refractivity contribution in [1.29, 1.82) is 0 Å². The Bertz CT molecular complexity index is 1160. The van der Waals surface area contributed by atoms with Crippen LogP contribution in [0.1, 0.15) is 29.0 Å². The van der Waals surface area contributed by atoms with Crippen molar-refractivity contribution in [3.63, 3.8) is 0 Å². The zero-order valence-corrected chi connectivity index (χ0v) is 18.6. The van der Waals surface area contributed by atoms with E-state index >= 15 is 0 Å². The highest BCUT2D eigenvalue weighted by atomic mass is 79.9. The molecule has 31 heavy (non-hydrogen) atoms. The van der Waals surface area contributed by atoms with Gasteiger partial charge in [-0.2, -0.15) is 0 Å². The standard InChI is InChI=1S/C25H21BrN2O3/c1-3-14-31-19-12-13-22(26)21(16-19)24-27-23-11-6-5-10-20(23)25(29)28(24)17-8-7-9-18(15-17)30-4-2/h1,5-13,15-16,24,27H,4,14H2,2H3/t24-/m0/s1. The van der Waals surface area contributed by atoms with Gasteiger partial charge in [0.05, 0.1) is 17.9 Å². The molecule has 1 N–H and O–H groups in total. The lowest BCUT2D eigenvalue weighted by Gasteiger charge is -2.38. The zero-order valence-electron chi connectivity index (χ0n) is 17.0. The minimum atomic E-state index is -0.469. The van der Waals surface area contributed by atoms with Crippen LogP contribution in [0.15, 0.2) is 71.2 Å². The Kier molecular flexibility index (Phi) is 6.15. The first-order chi connectivity index (χ1) is 15.1. The lowest BCUT2D eigenvalue weighted by atomic mass is 10.0. The summed E-state index contributed by atoms with van der Waals surface area (Å²) in [5.41, 5.74) is 2.96. The molecule has 1 amide bonds. The first-order valence-electron chi connectivity index (χ1n) is 9.90. The van der Waals surface area contributed by atoms with Gasteiger partial charge < -0.3 is 14.8 Å². The fourth-order valence-corrected chi connectivity index (χ4v) is 4.04. The van der Waals surface area contributed by atoms with Gasteiger partial charge in [-0.15, -0.1) is 6.42 Å². The van der Waals surface area contributed by atoms with Crippen molar-refractivity contribution in [3.05, 3.63) is 82.3 Å². The second-order valence-electron chi connectivity index (χ2n) is 6.87. The number of anilines is 2. The van der Waals surface area contributed by atoms with E-state index in [-0.39, 0.29) is 12.5 Å². The summed E-state index contributed by atoms with van der Waals surface area (Å²) < 4.78 is 12.1. The molecule has 0 radical (unpaired) electrons. The van der Waals surface area contributed by atoms with Crippen LogP contribution in [0, 0.1) is 12.3 Å². The van der Waals surface area contributed by atoms with Crippen LogP contribution in [-0.4, -0.2) is 19.1 Å². The Morgan fingerprint density at radius 3 is 2.68 bits per heavy atom. The maximum Gasteiger partial charge on any atom is 0.262 e. The van der Waals surface area contributed by atoms with Crippen LogP contribution in [0.2, 0.25) is 0 Å². The molecule has 1 aliphatic rings. The number of benzene rings is 3. The van der Waals surface area contributed by atoms with Gasteiger partial charge in [-0.05, 0) is 49.4 Å². The minimum Gasteiger partial charge on any atom is -0.494 e. The molecular formula is C25H21BrN2O3. The molecule has 5 nitrogen and oxygen atoms in total. The molecule has 0 saturated heterocycles. The topological polar surface area (TPSA) is 50.8 Å². The van der Waals surface area contributed by atoms with Gasteiger partial charge in [0.2, 0.25) is 0 Å². The molecule has 3 aromatic carbocycles. The number of ether oxygens (including phenoxy) is 2. The lowest BCUT2D eigenvalue weighted by molar-refractivity contribution is 0.0974. The SMILES string of the molecule is C#CCOc1ccc(Br)c([C@H]2Nc3ccccc3C(=O)N2c2cccc(OCC)c2)c1. The van der Waals surface area contributed by atoms with Crippen LogP contribution in [-0.2, 0) is 0 Å². The normalized spacial score (nSPS) is 14.9. The van der Waals surface area contributed by atoms with E-state index in [2.05, 4.69) is 27.2 Å². The summed E-state index contributed by atoms with van der Waals surface area (Å²) in [6.07, 6.45) is 4.86. The second-order valence-corrected chi connectivity index (χ2v) is 7.73. The van der Waals surface area contributed by atoms with Gasteiger partial charge in [0.25, 0.3) is 5.91 Å². The van der Waals surface area contributed by atoms with Crippen LogP contribution in [0.3, 0.4) is 0 Å². The number of para-hydroxylation sites is 1. The smallest absolute Gasteiger partial charge is 0.262 e. The molecule has 1 aliphatic heterocycles. The minimum absolute atomic E-state index is 0.102. The number of carbonyl (C=O) groups excluding carboxylic acids is 1. The van der Waals surface area contributed by atoms with Crippen LogP contribution < -0.4 is 19.7 Å². The van der Waals surface area contributed by atoms with Crippen LogP contribution in [0.25, 0.3) is 0 Å². The van der Waals surface area contributed by atoms with E-state index in [1.165, 1.54) is 0 Å². The Balaban J connectivity index is 1.84. The number of carbonyl (C=O) groups is 1. The van der Waals surface area contributed by atoms with Gasteiger partial charge >= 0.3 is 0 Å². The van der Waals surface area contributed by atoms with Crippen molar-refractivity contribution < 1.29 is 14.3 Å². The maximum atomic E-state index is 13.6. The molecule has 3 aromatic rings. The molecule has 4 rings (SSSR count). The molecule has 0 bridgehead atoms. The van der Waals surface area contributed by atoms with E-state index in [0.29, 0.717) is 23.7 Å².